The second kappa shape index (κ2) is 7.95. The van der Waals surface area contributed by atoms with Gasteiger partial charge in [0.15, 0.2) is 0 Å². The lowest BCUT2D eigenvalue weighted by Crippen LogP contribution is -2.17. The first-order valence-corrected chi connectivity index (χ1v) is 7.95. The van der Waals surface area contributed by atoms with Crippen LogP contribution >= 0.6 is 0 Å². The van der Waals surface area contributed by atoms with Gasteiger partial charge in [0, 0.05) is 17.6 Å². The number of nitrogens with one attached hydrogen (secondary N) is 2. The van der Waals surface area contributed by atoms with Crippen LogP contribution in [0.25, 0.3) is 0 Å². The van der Waals surface area contributed by atoms with Gasteiger partial charge in [0.25, 0.3) is 5.91 Å². The average molecular weight is 391 g/mol. The second-order valence-electron chi connectivity index (χ2n) is 5.56. The summed E-state index contributed by atoms with van der Waals surface area (Å²) in [5.41, 5.74) is 1.00. The number of hydrogen-bond acceptors (Lipinski definition) is 4. The minimum Gasteiger partial charge on any atom is -0.406 e. The van der Waals surface area contributed by atoms with Crippen LogP contribution in [0.4, 0.5) is 34.8 Å². The predicted molar refractivity (Wildman–Crippen MR) is 95.0 cm³/mol. The van der Waals surface area contributed by atoms with E-state index in [4.69, 9.17) is 0 Å². The molecule has 0 aliphatic rings. The van der Waals surface area contributed by atoms with Crippen molar-refractivity contribution in [3.63, 3.8) is 0 Å². The molecule has 9 heteroatoms. The van der Waals surface area contributed by atoms with E-state index >= 15 is 0 Å². The van der Waals surface area contributed by atoms with E-state index in [1.807, 2.05) is 0 Å². The Morgan fingerprint density at radius 2 is 1.57 bits per heavy atom. The number of nitrogens with zero attached hydrogens (tertiary/aromatic N) is 1. The Labute approximate surface area is 157 Å². The van der Waals surface area contributed by atoms with Crippen molar-refractivity contribution in [2.24, 2.45) is 0 Å². The van der Waals surface area contributed by atoms with Crippen LogP contribution in [0.3, 0.4) is 0 Å². The number of amides is 1. The van der Waals surface area contributed by atoms with Gasteiger partial charge in [0.2, 0.25) is 0 Å². The highest BCUT2D eigenvalue weighted by atomic mass is 19.4. The van der Waals surface area contributed by atoms with Gasteiger partial charge in [-0.25, -0.2) is 9.37 Å². The lowest BCUT2D eigenvalue weighted by atomic mass is 10.2. The van der Waals surface area contributed by atoms with E-state index in [2.05, 4.69) is 20.4 Å². The molecule has 0 bridgehead atoms. The molecule has 0 saturated heterocycles. The van der Waals surface area contributed by atoms with Crippen molar-refractivity contribution >= 4 is 23.1 Å². The third-order valence-corrected chi connectivity index (χ3v) is 3.51. The average Bonchev–Trinajstić information content (AvgIpc) is 2.64. The van der Waals surface area contributed by atoms with Crippen LogP contribution in [0.1, 0.15) is 10.4 Å². The number of carbonyl (C=O) groups is 1. The summed E-state index contributed by atoms with van der Waals surface area (Å²) in [5, 5.41) is 5.49. The highest BCUT2D eigenvalue weighted by molar-refractivity contribution is 6.07. The first kappa shape index (κ1) is 19.2. The molecule has 1 aromatic heterocycles. The summed E-state index contributed by atoms with van der Waals surface area (Å²) in [6, 6.07) is 13.3. The SMILES string of the molecule is O=C(Nc1ccc(F)cc1)c1cccnc1Nc1ccc(OC(F)(F)F)cc1. The molecule has 0 saturated carbocycles. The summed E-state index contributed by atoms with van der Waals surface area (Å²) in [7, 11) is 0. The highest BCUT2D eigenvalue weighted by Crippen LogP contribution is 2.26. The zero-order valence-corrected chi connectivity index (χ0v) is 14.1. The van der Waals surface area contributed by atoms with E-state index in [0.717, 1.165) is 12.1 Å². The molecular weight excluding hydrogens is 378 g/mol. The third kappa shape index (κ3) is 5.19. The van der Waals surface area contributed by atoms with Crippen LogP contribution in [0.2, 0.25) is 0 Å². The summed E-state index contributed by atoms with van der Waals surface area (Å²) in [4.78, 5) is 16.6. The first-order valence-electron chi connectivity index (χ1n) is 7.95. The fourth-order valence-electron chi connectivity index (χ4n) is 2.30. The van der Waals surface area contributed by atoms with E-state index in [1.165, 1.54) is 48.7 Å². The minimum absolute atomic E-state index is 0.197. The fourth-order valence-corrected chi connectivity index (χ4v) is 2.30. The Kier molecular flexibility index (Phi) is 5.44. The summed E-state index contributed by atoms with van der Waals surface area (Å²) in [6.07, 6.45) is -3.32. The molecule has 0 radical (unpaired) electrons. The molecule has 2 N–H and O–H groups in total. The largest absolute Gasteiger partial charge is 0.573 e. The molecule has 1 amide bonds. The molecule has 3 aromatic rings. The molecule has 0 atom stereocenters. The molecule has 1 heterocycles. The lowest BCUT2D eigenvalue weighted by Gasteiger charge is -2.12. The number of hydrogen-bond donors (Lipinski definition) is 2. The number of halogens is 4. The summed E-state index contributed by atoms with van der Waals surface area (Å²) < 4.78 is 53.4. The number of carbonyl (C=O) groups excluding carboxylic acids is 1. The van der Waals surface area contributed by atoms with Gasteiger partial charge in [0.1, 0.15) is 17.4 Å². The van der Waals surface area contributed by atoms with E-state index < -0.39 is 18.1 Å². The van der Waals surface area contributed by atoms with Gasteiger partial charge in [-0.1, -0.05) is 0 Å². The molecule has 3 rings (SSSR count). The second-order valence-corrected chi connectivity index (χ2v) is 5.56. The van der Waals surface area contributed by atoms with Crippen LogP contribution in [0, 0.1) is 5.82 Å². The zero-order valence-electron chi connectivity index (χ0n) is 14.1. The Morgan fingerprint density at radius 1 is 0.929 bits per heavy atom. The van der Waals surface area contributed by atoms with Crippen molar-refractivity contribution in [3.05, 3.63) is 78.2 Å². The van der Waals surface area contributed by atoms with E-state index in [9.17, 15) is 22.4 Å². The van der Waals surface area contributed by atoms with Crippen LogP contribution in [-0.4, -0.2) is 17.3 Å². The highest BCUT2D eigenvalue weighted by Gasteiger charge is 2.30. The standard InChI is InChI=1S/C19H13F4N3O2/c20-12-3-5-14(6-4-12)26-18(27)16-2-1-11-24-17(16)25-13-7-9-15(10-8-13)28-19(21,22)23/h1-11H,(H,24,25)(H,26,27). The number of anilines is 3. The Morgan fingerprint density at radius 3 is 2.21 bits per heavy atom. The van der Waals surface area contributed by atoms with E-state index in [-0.39, 0.29) is 17.1 Å². The molecule has 144 valence electrons. The quantitative estimate of drug-likeness (QED) is 0.593. The molecule has 0 spiro atoms. The minimum atomic E-state index is -4.78. The van der Waals surface area contributed by atoms with Crippen molar-refractivity contribution in [1.82, 2.24) is 4.98 Å². The van der Waals surface area contributed by atoms with E-state index in [0.29, 0.717) is 11.4 Å². The summed E-state index contributed by atoms with van der Waals surface area (Å²) >= 11 is 0. The number of benzene rings is 2. The predicted octanol–water partition coefficient (Wildman–Crippen LogP) is 5.12. The maximum atomic E-state index is 13.0. The first-order chi connectivity index (χ1) is 13.3. The van der Waals surface area contributed by atoms with Crippen molar-refractivity contribution in [2.45, 2.75) is 6.36 Å². The van der Waals surface area contributed by atoms with Crippen LogP contribution < -0.4 is 15.4 Å². The van der Waals surface area contributed by atoms with Crippen LogP contribution in [-0.2, 0) is 0 Å². The molecule has 0 aliphatic carbocycles. The van der Waals surface area contributed by atoms with Crippen molar-refractivity contribution in [2.75, 3.05) is 10.6 Å². The number of ether oxygens (including phenoxy) is 1. The van der Waals surface area contributed by atoms with Crippen LogP contribution in [0.5, 0.6) is 5.75 Å². The molecule has 0 fully saturated rings. The topological polar surface area (TPSA) is 63.2 Å². The maximum Gasteiger partial charge on any atom is 0.573 e. The maximum absolute atomic E-state index is 13.0. The Bertz CT molecular complexity index is 958. The van der Waals surface area contributed by atoms with Gasteiger partial charge in [-0.2, -0.15) is 0 Å². The Balaban J connectivity index is 1.74. The van der Waals surface area contributed by atoms with Crippen molar-refractivity contribution in [1.29, 1.82) is 0 Å². The molecule has 28 heavy (non-hydrogen) atoms. The number of aromatic nitrogens is 1. The van der Waals surface area contributed by atoms with Gasteiger partial charge in [-0.15, -0.1) is 13.2 Å². The number of rotatable bonds is 5. The summed E-state index contributed by atoms with van der Waals surface area (Å²) in [5.74, 6) is -1.08. The van der Waals surface area contributed by atoms with Gasteiger partial charge in [-0.05, 0) is 60.7 Å². The number of alkyl halides is 3. The van der Waals surface area contributed by atoms with Crippen molar-refractivity contribution in [3.8, 4) is 5.75 Å². The van der Waals surface area contributed by atoms with Gasteiger partial charge >= 0.3 is 6.36 Å². The summed E-state index contributed by atoms with van der Waals surface area (Å²) in [6.45, 7) is 0. The number of pyridine rings is 1. The zero-order chi connectivity index (χ0) is 20.1. The van der Waals surface area contributed by atoms with Gasteiger partial charge < -0.3 is 15.4 Å². The fraction of sp³-hybridized carbons (Fsp3) is 0.0526. The van der Waals surface area contributed by atoms with Crippen LogP contribution in [0.15, 0.2) is 66.9 Å². The Hall–Kier alpha value is -3.62. The van der Waals surface area contributed by atoms with Gasteiger partial charge in [-0.3, -0.25) is 4.79 Å². The smallest absolute Gasteiger partial charge is 0.406 e. The normalized spacial score (nSPS) is 11.0. The third-order valence-electron chi connectivity index (χ3n) is 3.51. The monoisotopic (exact) mass is 391 g/mol. The van der Waals surface area contributed by atoms with Crippen molar-refractivity contribution < 1.29 is 27.1 Å². The molecule has 0 aliphatic heterocycles. The molecular formula is C19H13F4N3O2. The molecule has 2 aromatic carbocycles. The van der Waals surface area contributed by atoms with Gasteiger partial charge in [0.05, 0.1) is 5.56 Å². The lowest BCUT2D eigenvalue weighted by molar-refractivity contribution is -0.274. The molecule has 0 unspecified atom stereocenters. The molecule has 5 nitrogen and oxygen atoms in total. The van der Waals surface area contributed by atoms with E-state index in [1.54, 1.807) is 6.07 Å².